The fourth-order valence-corrected chi connectivity index (χ4v) is 6.13. The lowest BCUT2D eigenvalue weighted by atomic mass is 9.83. The second kappa shape index (κ2) is 7.31. The number of carbonyl (C=O) groups excluding carboxylic acids is 1. The molecule has 4 aliphatic heterocycles. The van der Waals surface area contributed by atoms with Gasteiger partial charge >= 0.3 is 0 Å². The number of ether oxygens (including phenoxy) is 1. The molecule has 0 spiro atoms. The summed E-state index contributed by atoms with van der Waals surface area (Å²) in [6.07, 6.45) is 5.24. The standard InChI is InChI=1S/C20H23N3O3S2/c24-18-5-1-4-16-14-7-13(9-22(16)18)8-21(10-14)12-17-19(25)23(20(27)28-17)11-15-3-2-6-26-15/h1,4-5,12-15H,2-3,6-11H2/b17-12-/t13-,14?,15?/m1/s1. The van der Waals surface area contributed by atoms with Crippen LogP contribution in [0.1, 0.15) is 30.9 Å². The largest absolute Gasteiger partial charge is 0.376 e. The first-order valence-electron chi connectivity index (χ1n) is 9.89. The molecule has 1 aromatic heterocycles. The Balaban J connectivity index is 1.32. The predicted molar refractivity (Wildman–Crippen MR) is 112 cm³/mol. The smallest absolute Gasteiger partial charge is 0.267 e. The molecule has 3 fully saturated rings. The van der Waals surface area contributed by atoms with Crippen molar-refractivity contribution in [1.82, 2.24) is 14.4 Å². The highest BCUT2D eigenvalue weighted by Gasteiger charge is 2.37. The normalized spacial score (nSPS) is 31.0. The van der Waals surface area contributed by atoms with Gasteiger partial charge in [0.1, 0.15) is 4.32 Å². The highest BCUT2D eigenvalue weighted by atomic mass is 32.2. The Morgan fingerprint density at radius 2 is 2.14 bits per heavy atom. The first kappa shape index (κ1) is 18.4. The predicted octanol–water partition coefficient (Wildman–Crippen LogP) is 2.15. The van der Waals surface area contributed by atoms with E-state index in [1.54, 1.807) is 11.0 Å². The minimum absolute atomic E-state index is 0.00199. The van der Waals surface area contributed by atoms with Crippen molar-refractivity contribution < 1.29 is 9.53 Å². The number of rotatable bonds is 3. The first-order chi connectivity index (χ1) is 13.6. The lowest BCUT2D eigenvalue weighted by molar-refractivity contribution is -0.123. The molecule has 5 rings (SSSR count). The Labute approximate surface area is 173 Å². The molecule has 28 heavy (non-hydrogen) atoms. The molecule has 148 valence electrons. The van der Waals surface area contributed by atoms with Gasteiger partial charge < -0.3 is 14.2 Å². The van der Waals surface area contributed by atoms with E-state index in [9.17, 15) is 9.59 Å². The molecule has 3 saturated heterocycles. The monoisotopic (exact) mass is 417 g/mol. The minimum atomic E-state index is -0.00199. The number of carbonyl (C=O) groups is 1. The van der Waals surface area contributed by atoms with Crippen LogP contribution in [0, 0.1) is 5.92 Å². The Kier molecular flexibility index (Phi) is 4.80. The second-order valence-corrected chi connectivity index (χ2v) is 9.74. The number of piperidine rings is 1. The van der Waals surface area contributed by atoms with Crippen molar-refractivity contribution in [2.24, 2.45) is 5.92 Å². The van der Waals surface area contributed by atoms with Gasteiger partial charge in [0.15, 0.2) is 0 Å². The Hall–Kier alpha value is -1.64. The molecular formula is C20H23N3O3S2. The maximum absolute atomic E-state index is 12.9. The molecule has 0 radical (unpaired) electrons. The molecule has 2 unspecified atom stereocenters. The van der Waals surface area contributed by atoms with Crippen molar-refractivity contribution in [1.29, 1.82) is 0 Å². The lowest BCUT2D eigenvalue weighted by Crippen LogP contribution is -2.45. The number of aromatic nitrogens is 1. The zero-order chi connectivity index (χ0) is 19.3. The molecule has 1 aromatic rings. The summed E-state index contributed by atoms with van der Waals surface area (Å²) in [5, 5.41) is 0. The Morgan fingerprint density at radius 3 is 2.96 bits per heavy atom. The molecule has 1 amide bonds. The maximum Gasteiger partial charge on any atom is 0.267 e. The summed E-state index contributed by atoms with van der Waals surface area (Å²) in [7, 11) is 0. The number of fused-ring (bicyclic) bond motifs is 4. The van der Waals surface area contributed by atoms with Gasteiger partial charge in [0.2, 0.25) is 0 Å². The van der Waals surface area contributed by atoms with Crippen LogP contribution in [0.2, 0.25) is 0 Å². The topological polar surface area (TPSA) is 54.8 Å². The van der Waals surface area contributed by atoms with E-state index in [4.69, 9.17) is 17.0 Å². The van der Waals surface area contributed by atoms with Crippen LogP contribution in [-0.4, -0.2) is 56.9 Å². The van der Waals surface area contributed by atoms with Crippen molar-refractivity contribution in [3.05, 3.63) is 45.4 Å². The molecule has 8 heteroatoms. The summed E-state index contributed by atoms with van der Waals surface area (Å²) in [5.74, 6) is 0.757. The van der Waals surface area contributed by atoms with Crippen LogP contribution in [0.4, 0.5) is 0 Å². The number of amides is 1. The number of pyridine rings is 1. The molecule has 3 atom stereocenters. The average molecular weight is 418 g/mol. The third kappa shape index (κ3) is 3.31. The molecular weight excluding hydrogens is 394 g/mol. The number of hydrogen-bond acceptors (Lipinski definition) is 6. The SMILES string of the molecule is O=C1/C(=C/N2CC3C[C@H](C2)Cn2c3cccc2=O)SC(=S)N1CC1CCCO1. The number of likely N-dealkylation sites (tertiary alicyclic amines) is 1. The van der Waals surface area contributed by atoms with Gasteiger partial charge in [-0.05, 0) is 31.2 Å². The molecule has 4 aliphatic rings. The van der Waals surface area contributed by atoms with Crippen LogP contribution in [-0.2, 0) is 16.1 Å². The van der Waals surface area contributed by atoms with Crippen molar-refractivity contribution in [2.75, 3.05) is 26.2 Å². The summed E-state index contributed by atoms with van der Waals surface area (Å²) < 4.78 is 8.22. The molecule has 0 N–H and O–H groups in total. The van der Waals surface area contributed by atoms with Crippen LogP contribution in [0.15, 0.2) is 34.1 Å². The van der Waals surface area contributed by atoms with Gasteiger partial charge in [0, 0.05) is 50.1 Å². The van der Waals surface area contributed by atoms with Gasteiger partial charge in [-0.1, -0.05) is 30.0 Å². The van der Waals surface area contributed by atoms with Crippen LogP contribution >= 0.6 is 24.0 Å². The van der Waals surface area contributed by atoms with Crippen molar-refractivity contribution in [3.8, 4) is 0 Å². The fourth-order valence-electron chi connectivity index (χ4n) is 4.84. The molecule has 6 nitrogen and oxygen atoms in total. The average Bonchev–Trinajstić information content (AvgIpc) is 3.27. The lowest BCUT2D eigenvalue weighted by Gasteiger charge is -2.42. The summed E-state index contributed by atoms with van der Waals surface area (Å²) >= 11 is 6.85. The van der Waals surface area contributed by atoms with E-state index in [0.29, 0.717) is 27.6 Å². The molecule has 0 aliphatic carbocycles. The van der Waals surface area contributed by atoms with Gasteiger partial charge in [-0.2, -0.15) is 0 Å². The summed E-state index contributed by atoms with van der Waals surface area (Å²) in [6.45, 7) is 3.79. The van der Waals surface area contributed by atoms with Gasteiger partial charge in [-0.15, -0.1) is 0 Å². The van der Waals surface area contributed by atoms with Gasteiger partial charge in [0.25, 0.3) is 11.5 Å². The van der Waals surface area contributed by atoms with E-state index in [1.165, 1.54) is 11.8 Å². The highest BCUT2D eigenvalue weighted by molar-refractivity contribution is 8.26. The zero-order valence-corrected chi connectivity index (χ0v) is 17.2. The van der Waals surface area contributed by atoms with E-state index in [0.717, 1.165) is 51.2 Å². The van der Waals surface area contributed by atoms with Crippen LogP contribution in [0.3, 0.4) is 0 Å². The van der Waals surface area contributed by atoms with Gasteiger partial charge in [-0.25, -0.2) is 0 Å². The number of thiocarbonyl (C=S) groups is 1. The number of nitrogens with zero attached hydrogens (tertiary/aromatic N) is 3. The number of thioether (sulfide) groups is 1. The first-order valence-corrected chi connectivity index (χ1v) is 11.1. The van der Waals surface area contributed by atoms with E-state index in [1.807, 2.05) is 16.8 Å². The maximum atomic E-state index is 12.9. The zero-order valence-electron chi connectivity index (χ0n) is 15.6. The van der Waals surface area contributed by atoms with E-state index in [2.05, 4.69) is 11.0 Å². The van der Waals surface area contributed by atoms with Crippen LogP contribution in [0.25, 0.3) is 0 Å². The van der Waals surface area contributed by atoms with Crippen LogP contribution in [0.5, 0.6) is 0 Å². The van der Waals surface area contributed by atoms with Crippen molar-refractivity contribution >= 4 is 34.2 Å². The quantitative estimate of drug-likeness (QED) is 0.555. The van der Waals surface area contributed by atoms with E-state index < -0.39 is 0 Å². The second-order valence-electron chi connectivity index (χ2n) is 8.06. The third-order valence-corrected chi connectivity index (χ3v) is 7.46. The summed E-state index contributed by atoms with van der Waals surface area (Å²) in [5.41, 5.74) is 1.21. The van der Waals surface area contributed by atoms with Crippen LogP contribution < -0.4 is 5.56 Å². The molecule has 2 bridgehead atoms. The van der Waals surface area contributed by atoms with E-state index >= 15 is 0 Å². The summed E-state index contributed by atoms with van der Waals surface area (Å²) in [4.78, 5) is 29.7. The Morgan fingerprint density at radius 1 is 1.25 bits per heavy atom. The van der Waals surface area contributed by atoms with Gasteiger partial charge in [-0.3, -0.25) is 14.5 Å². The molecule has 5 heterocycles. The highest BCUT2D eigenvalue weighted by Crippen LogP contribution is 2.37. The third-order valence-electron chi connectivity index (χ3n) is 6.09. The van der Waals surface area contributed by atoms with Gasteiger partial charge in [0.05, 0.1) is 17.6 Å². The van der Waals surface area contributed by atoms with Crippen molar-refractivity contribution in [2.45, 2.75) is 37.8 Å². The summed E-state index contributed by atoms with van der Waals surface area (Å²) in [6, 6.07) is 5.55. The molecule has 0 saturated carbocycles. The minimum Gasteiger partial charge on any atom is -0.376 e. The van der Waals surface area contributed by atoms with Crippen molar-refractivity contribution in [3.63, 3.8) is 0 Å². The number of hydrogen-bond donors (Lipinski definition) is 0. The Bertz CT molecular complexity index is 906. The fraction of sp³-hybridized carbons (Fsp3) is 0.550. The molecule has 0 aromatic carbocycles. The van der Waals surface area contributed by atoms with E-state index in [-0.39, 0.29) is 17.6 Å².